The molecule has 0 unspecified atom stereocenters. The fourth-order valence-corrected chi connectivity index (χ4v) is 2.52. The predicted octanol–water partition coefficient (Wildman–Crippen LogP) is 3.77. The lowest BCUT2D eigenvalue weighted by molar-refractivity contribution is 0.238. The molecular weight excluding hydrogens is 382 g/mol. The lowest BCUT2D eigenvalue weighted by Crippen LogP contribution is -2.36. The van der Waals surface area contributed by atoms with Crippen molar-refractivity contribution in [2.24, 2.45) is 0 Å². The second kappa shape index (κ2) is 9.37. The van der Waals surface area contributed by atoms with Crippen LogP contribution in [0.5, 0.6) is 5.75 Å². The Labute approximate surface area is 148 Å². The van der Waals surface area contributed by atoms with E-state index in [2.05, 4.69) is 31.5 Å². The zero-order valence-electron chi connectivity index (χ0n) is 12.4. The maximum atomic E-state index is 11.6. The number of urea groups is 1. The number of carbonyl (C=O) groups excluding carboxylic acids is 1. The minimum Gasteiger partial charge on any atom is -0.492 e. The first-order chi connectivity index (χ1) is 11.1. The molecule has 23 heavy (non-hydrogen) atoms. The fourth-order valence-electron chi connectivity index (χ4n) is 1.80. The summed E-state index contributed by atoms with van der Waals surface area (Å²) in [5, 5.41) is 6.09. The lowest BCUT2D eigenvalue weighted by atomic mass is 10.3. The topological polar surface area (TPSA) is 63.2 Å². The molecule has 2 rings (SSSR count). The van der Waals surface area contributed by atoms with Crippen molar-refractivity contribution in [3.8, 4) is 5.75 Å². The molecule has 0 radical (unpaired) electrons. The zero-order chi connectivity index (χ0) is 16.5. The van der Waals surface area contributed by atoms with Gasteiger partial charge in [0.2, 0.25) is 0 Å². The van der Waals surface area contributed by atoms with Crippen molar-refractivity contribution in [3.05, 3.63) is 57.8 Å². The van der Waals surface area contributed by atoms with Crippen molar-refractivity contribution in [1.29, 1.82) is 0 Å². The number of hydrogen-bond donors (Lipinski definition) is 2. The number of rotatable bonds is 7. The van der Waals surface area contributed by atoms with Crippen LogP contribution in [-0.2, 0) is 6.54 Å². The molecule has 0 aliphatic heterocycles. The highest BCUT2D eigenvalue weighted by atomic mass is 79.9. The molecule has 1 aromatic heterocycles. The monoisotopic (exact) mass is 397 g/mol. The van der Waals surface area contributed by atoms with Gasteiger partial charge in [-0.2, -0.15) is 0 Å². The molecule has 0 bridgehead atoms. The number of amides is 2. The van der Waals surface area contributed by atoms with Gasteiger partial charge in [-0.1, -0.05) is 33.6 Å². The van der Waals surface area contributed by atoms with E-state index in [0.717, 1.165) is 10.0 Å². The third-order valence-corrected chi connectivity index (χ3v) is 3.72. The van der Waals surface area contributed by atoms with Crippen LogP contribution in [0, 0.1) is 0 Å². The number of benzene rings is 1. The van der Waals surface area contributed by atoms with Crippen LogP contribution >= 0.6 is 27.5 Å². The maximum absolute atomic E-state index is 11.6. The van der Waals surface area contributed by atoms with Gasteiger partial charge in [0.1, 0.15) is 5.75 Å². The summed E-state index contributed by atoms with van der Waals surface area (Å²) in [6.45, 7) is 1.45. The molecule has 1 aromatic carbocycles. The Morgan fingerprint density at radius 3 is 2.91 bits per heavy atom. The number of carbonyl (C=O) groups is 1. The van der Waals surface area contributed by atoms with Gasteiger partial charge in [0.25, 0.3) is 0 Å². The Bertz CT molecular complexity index is 640. The molecule has 2 aromatic rings. The summed E-state index contributed by atoms with van der Waals surface area (Å²) in [6, 6.07) is 8.98. The molecule has 0 aliphatic rings. The number of nitrogens with zero attached hydrogens (tertiary/aromatic N) is 1. The average Bonchev–Trinajstić information content (AvgIpc) is 2.55. The number of hydrogen-bond acceptors (Lipinski definition) is 3. The number of aromatic nitrogens is 1. The molecule has 0 saturated carbocycles. The molecule has 0 saturated heterocycles. The highest BCUT2D eigenvalue weighted by Gasteiger charge is 2.03. The molecule has 5 nitrogen and oxygen atoms in total. The van der Waals surface area contributed by atoms with Gasteiger partial charge in [-0.25, -0.2) is 4.79 Å². The van der Waals surface area contributed by atoms with E-state index in [-0.39, 0.29) is 6.03 Å². The number of nitrogens with one attached hydrogen (secondary N) is 2. The smallest absolute Gasteiger partial charge is 0.315 e. The number of ether oxygens (including phenoxy) is 1. The zero-order valence-corrected chi connectivity index (χ0v) is 14.7. The SMILES string of the molecule is O=C(NCCCOc1ccc(Br)cc1Cl)NCc1cccnc1. The van der Waals surface area contributed by atoms with Gasteiger partial charge in [-0.05, 0) is 36.2 Å². The van der Waals surface area contributed by atoms with Crippen molar-refractivity contribution in [2.75, 3.05) is 13.2 Å². The van der Waals surface area contributed by atoms with Crippen LogP contribution in [0.3, 0.4) is 0 Å². The molecule has 0 spiro atoms. The van der Waals surface area contributed by atoms with E-state index in [1.54, 1.807) is 24.5 Å². The van der Waals surface area contributed by atoms with Crippen LogP contribution in [0.4, 0.5) is 4.79 Å². The van der Waals surface area contributed by atoms with Crippen molar-refractivity contribution in [3.63, 3.8) is 0 Å². The van der Waals surface area contributed by atoms with Crippen LogP contribution in [0.2, 0.25) is 5.02 Å². The van der Waals surface area contributed by atoms with Gasteiger partial charge in [0, 0.05) is 30.0 Å². The summed E-state index contributed by atoms with van der Waals surface area (Å²) >= 11 is 9.39. The first kappa shape index (κ1) is 17.6. The normalized spacial score (nSPS) is 10.2. The summed E-state index contributed by atoms with van der Waals surface area (Å²) in [4.78, 5) is 15.6. The van der Waals surface area contributed by atoms with Crippen LogP contribution in [0.1, 0.15) is 12.0 Å². The first-order valence-electron chi connectivity index (χ1n) is 7.13. The second-order valence-electron chi connectivity index (χ2n) is 4.75. The van der Waals surface area contributed by atoms with Gasteiger partial charge in [-0.3, -0.25) is 4.98 Å². The Kier molecular flexibility index (Phi) is 7.16. The van der Waals surface area contributed by atoms with E-state index in [1.807, 2.05) is 18.2 Å². The van der Waals surface area contributed by atoms with Crippen molar-refractivity contribution in [1.82, 2.24) is 15.6 Å². The summed E-state index contributed by atoms with van der Waals surface area (Å²) in [5.74, 6) is 0.635. The van der Waals surface area contributed by atoms with E-state index in [4.69, 9.17) is 16.3 Å². The molecule has 1 heterocycles. The maximum Gasteiger partial charge on any atom is 0.315 e. The Morgan fingerprint density at radius 2 is 2.17 bits per heavy atom. The van der Waals surface area contributed by atoms with E-state index in [9.17, 15) is 4.79 Å². The van der Waals surface area contributed by atoms with Crippen molar-refractivity contribution >= 4 is 33.6 Å². The van der Waals surface area contributed by atoms with E-state index >= 15 is 0 Å². The number of pyridine rings is 1. The summed E-state index contributed by atoms with van der Waals surface area (Å²) in [7, 11) is 0. The third-order valence-electron chi connectivity index (χ3n) is 2.93. The molecule has 2 N–H and O–H groups in total. The van der Waals surface area contributed by atoms with E-state index < -0.39 is 0 Å². The van der Waals surface area contributed by atoms with Crippen LogP contribution in [0.25, 0.3) is 0 Å². The molecule has 122 valence electrons. The summed E-state index contributed by atoms with van der Waals surface area (Å²) < 4.78 is 6.47. The Balaban J connectivity index is 1.59. The quantitative estimate of drug-likeness (QED) is 0.698. The van der Waals surface area contributed by atoms with E-state index in [0.29, 0.717) is 36.9 Å². The Morgan fingerprint density at radius 1 is 1.30 bits per heavy atom. The largest absolute Gasteiger partial charge is 0.492 e. The van der Waals surface area contributed by atoms with Crippen LogP contribution < -0.4 is 15.4 Å². The highest BCUT2D eigenvalue weighted by Crippen LogP contribution is 2.27. The molecule has 2 amide bonds. The fraction of sp³-hybridized carbons (Fsp3) is 0.250. The molecular formula is C16H17BrClN3O2. The predicted molar refractivity (Wildman–Crippen MR) is 93.7 cm³/mol. The van der Waals surface area contributed by atoms with Crippen LogP contribution in [0.15, 0.2) is 47.2 Å². The summed E-state index contributed by atoms with van der Waals surface area (Å²) in [5.41, 5.74) is 0.955. The Hall–Kier alpha value is -1.79. The average molecular weight is 399 g/mol. The third kappa shape index (κ3) is 6.46. The molecule has 0 atom stereocenters. The van der Waals surface area contributed by atoms with Gasteiger partial charge < -0.3 is 15.4 Å². The molecule has 0 aliphatic carbocycles. The van der Waals surface area contributed by atoms with Gasteiger partial charge in [0.15, 0.2) is 0 Å². The van der Waals surface area contributed by atoms with Gasteiger partial charge >= 0.3 is 6.03 Å². The number of halogens is 2. The minimum absolute atomic E-state index is 0.212. The lowest BCUT2D eigenvalue weighted by Gasteiger charge is -2.10. The highest BCUT2D eigenvalue weighted by molar-refractivity contribution is 9.10. The molecule has 0 fully saturated rings. The minimum atomic E-state index is -0.212. The van der Waals surface area contributed by atoms with Crippen molar-refractivity contribution < 1.29 is 9.53 Å². The summed E-state index contributed by atoms with van der Waals surface area (Å²) in [6.07, 6.45) is 4.10. The first-order valence-corrected chi connectivity index (χ1v) is 8.30. The second-order valence-corrected chi connectivity index (χ2v) is 6.07. The van der Waals surface area contributed by atoms with E-state index in [1.165, 1.54) is 0 Å². The standard InChI is InChI=1S/C16H17BrClN3O2/c17-13-4-5-15(14(18)9-13)23-8-2-7-20-16(22)21-11-12-3-1-6-19-10-12/h1,3-6,9-10H,2,7-8,11H2,(H2,20,21,22). The van der Waals surface area contributed by atoms with Crippen LogP contribution in [-0.4, -0.2) is 24.2 Å². The van der Waals surface area contributed by atoms with Crippen molar-refractivity contribution in [2.45, 2.75) is 13.0 Å². The van der Waals surface area contributed by atoms with Gasteiger partial charge in [0.05, 0.1) is 11.6 Å². The van der Waals surface area contributed by atoms with Gasteiger partial charge in [-0.15, -0.1) is 0 Å². The molecule has 7 heteroatoms.